The standard InChI is InChI=1S/C12H18FN3S.HI/c1-2-7-15-12(14)16-8-9-17-11-5-3-10(13)4-6-11;/h3-6H,2,7-9H2,1H3,(H3,14,15,16);1H. The molecule has 0 atom stereocenters. The molecule has 0 aliphatic rings. The summed E-state index contributed by atoms with van der Waals surface area (Å²) in [6, 6.07) is 6.47. The first-order valence-electron chi connectivity index (χ1n) is 5.64. The first kappa shape index (κ1) is 17.5. The molecule has 102 valence electrons. The smallest absolute Gasteiger partial charge is 0.188 e. The summed E-state index contributed by atoms with van der Waals surface area (Å²) in [5.74, 6) is 1.16. The van der Waals surface area contributed by atoms with Gasteiger partial charge in [-0.25, -0.2) is 4.39 Å². The van der Waals surface area contributed by atoms with Crippen LogP contribution in [0.3, 0.4) is 0 Å². The largest absolute Gasteiger partial charge is 0.370 e. The Kier molecular flexibility index (Phi) is 10.1. The number of rotatable bonds is 6. The predicted octanol–water partition coefficient (Wildman–Crippen LogP) is 2.85. The van der Waals surface area contributed by atoms with Gasteiger partial charge in [-0.2, -0.15) is 0 Å². The molecule has 3 N–H and O–H groups in total. The monoisotopic (exact) mass is 383 g/mol. The number of benzene rings is 1. The third kappa shape index (κ3) is 7.75. The molecule has 0 amide bonds. The summed E-state index contributed by atoms with van der Waals surface area (Å²) in [5, 5.41) is 3.03. The zero-order chi connectivity index (χ0) is 12.5. The summed E-state index contributed by atoms with van der Waals surface area (Å²) in [4.78, 5) is 5.18. The van der Waals surface area contributed by atoms with Gasteiger partial charge in [0.25, 0.3) is 0 Å². The van der Waals surface area contributed by atoms with Crippen LogP contribution in [0.4, 0.5) is 4.39 Å². The normalized spacial score (nSPS) is 10.9. The lowest BCUT2D eigenvalue weighted by Crippen LogP contribution is -2.33. The Bertz CT molecular complexity index is 357. The lowest BCUT2D eigenvalue weighted by atomic mass is 10.4. The van der Waals surface area contributed by atoms with E-state index in [0.717, 1.165) is 30.2 Å². The minimum absolute atomic E-state index is 0. The number of nitrogens with one attached hydrogen (secondary N) is 1. The summed E-state index contributed by atoms with van der Waals surface area (Å²) in [5.41, 5.74) is 5.64. The quantitative estimate of drug-likeness (QED) is 0.261. The van der Waals surface area contributed by atoms with E-state index in [4.69, 9.17) is 5.73 Å². The van der Waals surface area contributed by atoms with Crippen LogP contribution in [0.1, 0.15) is 13.3 Å². The van der Waals surface area contributed by atoms with Crippen molar-refractivity contribution in [2.45, 2.75) is 18.2 Å². The van der Waals surface area contributed by atoms with Gasteiger partial charge in [0.05, 0.1) is 0 Å². The number of hydrogen-bond acceptors (Lipinski definition) is 2. The minimum atomic E-state index is -0.205. The van der Waals surface area contributed by atoms with Gasteiger partial charge in [-0.3, -0.25) is 4.99 Å². The van der Waals surface area contributed by atoms with Crippen molar-refractivity contribution in [2.75, 3.05) is 18.8 Å². The summed E-state index contributed by atoms with van der Waals surface area (Å²) in [7, 11) is 0. The van der Waals surface area contributed by atoms with E-state index in [1.165, 1.54) is 12.1 Å². The molecule has 0 aliphatic carbocycles. The number of hydrogen-bond donors (Lipinski definition) is 2. The van der Waals surface area contributed by atoms with Crippen LogP contribution in [0.25, 0.3) is 0 Å². The molecule has 1 aromatic rings. The predicted molar refractivity (Wildman–Crippen MR) is 87.3 cm³/mol. The molecule has 0 saturated heterocycles. The van der Waals surface area contributed by atoms with E-state index >= 15 is 0 Å². The van der Waals surface area contributed by atoms with Gasteiger partial charge >= 0.3 is 0 Å². The number of halogens is 2. The molecule has 18 heavy (non-hydrogen) atoms. The summed E-state index contributed by atoms with van der Waals surface area (Å²) >= 11 is 1.66. The first-order chi connectivity index (χ1) is 8.22. The molecular weight excluding hydrogens is 364 g/mol. The van der Waals surface area contributed by atoms with Crippen molar-refractivity contribution in [3.8, 4) is 0 Å². The summed E-state index contributed by atoms with van der Waals surface area (Å²) in [6.45, 7) is 3.56. The van der Waals surface area contributed by atoms with Gasteiger partial charge in [-0.1, -0.05) is 6.92 Å². The Balaban J connectivity index is 0.00000289. The van der Waals surface area contributed by atoms with Gasteiger partial charge in [0.1, 0.15) is 5.82 Å². The second kappa shape index (κ2) is 10.4. The molecule has 0 radical (unpaired) electrons. The molecule has 0 bridgehead atoms. The van der Waals surface area contributed by atoms with Crippen molar-refractivity contribution in [1.29, 1.82) is 0 Å². The minimum Gasteiger partial charge on any atom is -0.370 e. The zero-order valence-corrected chi connectivity index (χ0v) is 13.5. The molecule has 0 heterocycles. The Hall–Kier alpha value is -0.500. The van der Waals surface area contributed by atoms with E-state index < -0.39 is 0 Å². The Labute approximate surface area is 129 Å². The van der Waals surface area contributed by atoms with Crippen LogP contribution in [0.2, 0.25) is 0 Å². The number of nitrogens with two attached hydrogens (primary N) is 1. The van der Waals surface area contributed by atoms with Crippen LogP contribution in [-0.2, 0) is 0 Å². The third-order valence-electron chi connectivity index (χ3n) is 2.00. The van der Waals surface area contributed by atoms with Gasteiger partial charge < -0.3 is 11.1 Å². The number of thioether (sulfide) groups is 1. The maximum absolute atomic E-state index is 12.6. The van der Waals surface area contributed by atoms with E-state index in [9.17, 15) is 4.39 Å². The van der Waals surface area contributed by atoms with Crippen molar-refractivity contribution in [2.24, 2.45) is 10.7 Å². The molecule has 0 aromatic heterocycles. The van der Waals surface area contributed by atoms with Gasteiger partial charge in [-0.15, -0.1) is 35.7 Å². The fourth-order valence-electron chi connectivity index (χ4n) is 1.17. The Morgan fingerprint density at radius 2 is 2.06 bits per heavy atom. The summed E-state index contributed by atoms with van der Waals surface area (Å²) < 4.78 is 12.6. The van der Waals surface area contributed by atoms with Crippen molar-refractivity contribution < 1.29 is 4.39 Å². The highest BCUT2D eigenvalue weighted by Crippen LogP contribution is 2.16. The van der Waals surface area contributed by atoms with Crippen molar-refractivity contribution in [1.82, 2.24) is 5.32 Å². The van der Waals surface area contributed by atoms with Gasteiger partial charge in [0.15, 0.2) is 5.96 Å². The van der Waals surface area contributed by atoms with Crippen molar-refractivity contribution in [3.63, 3.8) is 0 Å². The van der Waals surface area contributed by atoms with Crippen LogP contribution < -0.4 is 11.1 Å². The van der Waals surface area contributed by atoms with E-state index in [1.807, 2.05) is 0 Å². The lowest BCUT2D eigenvalue weighted by molar-refractivity contribution is 0.626. The van der Waals surface area contributed by atoms with E-state index in [1.54, 1.807) is 23.9 Å². The van der Waals surface area contributed by atoms with E-state index in [-0.39, 0.29) is 29.8 Å². The molecular formula is C12H19FIN3S. The summed E-state index contributed by atoms with van der Waals surface area (Å²) in [6.07, 6.45) is 0.993. The second-order valence-corrected chi connectivity index (χ2v) is 4.66. The molecule has 0 saturated carbocycles. The van der Waals surface area contributed by atoms with E-state index in [2.05, 4.69) is 17.2 Å². The molecule has 0 fully saturated rings. The topological polar surface area (TPSA) is 50.4 Å². The first-order valence-corrected chi connectivity index (χ1v) is 6.63. The second-order valence-electron chi connectivity index (χ2n) is 3.50. The van der Waals surface area contributed by atoms with Crippen molar-refractivity contribution >= 4 is 41.7 Å². The van der Waals surface area contributed by atoms with E-state index in [0.29, 0.717) is 5.96 Å². The average Bonchev–Trinajstić information content (AvgIpc) is 2.34. The highest BCUT2D eigenvalue weighted by molar-refractivity contribution is 14.0. The number of nitrogens with zero attached hydrogens (tertiary/aromatic N) is 1. The molecule has 0 spiro atoms. The number of guanidine groups is 1. The molecule has 1 rings (SSSR count). The van der Waals surface area contributed by atoms with Crippen LogP contribution >= 0.6 is 35.7 Å². The molecule has 3 nitrogen and oxygen atoms in total. The fourth-order valence-corrected chi connectivity index (χ4v) is 1.94. The average molecular weight is 383 g/mol. The molecule has 1 aromatic carbocycles. The fraction of sp³-hybridized carbons (Fsp3) is 0.417. The highest BCUT2D eigenvalue weighted by Gasteiger charge is 1.95. The maximum atomic E-state index is 12.6. The Morgan fingerprint density at radius 1 is 1.39 bits per heavy atom. The SMILES string of the molecule is CCCN=C(N)NCCSc1ccc(F)cc1.I. The van der Waals surface area contributed by atoms with Crippen LogP contribution in [0.15, 0.2) is 34.2 Å². The zero-order valence-electron chi connectivity index (χ0n) is 10.4. The third-order valence-corrected chi connectivity index (χ3v) is 3.01. The lowest BCUT2D eigenvalue weighted by Gasteiger charge is -2.05. The van der Waals surface area contributed by atoms with Gasteiger partial charge in [-0.05, 0) is 30.7 Å². The van der Waals surface area contributed by atoms with Crippen LogP contribution in [-0.4, -0.2) is 24.8 Å². The maximum Gasteiger partial charge on any atom is 0.188 e. The van der Waals surface area contributed by atoms with Crippen LogP contribution in [0.5, 0.6) is 0 Å². The van der Waals surface area contributed by atoms with Crippen LogP contribution in [0, 0.1) is 5.82 Å². The molecule has 0 aliphatic heterocycles. The highest BCUT2D eigenvalue weighted by atomic mass is 127. The van der Waals surface area contributed by atoms with Gasteiger partial charge in [0, 0.05) is 23.7 Å². The molecule has 6 heteroatoms. The van der Waals surface area contributed by atoms with Crippen molar-refractivity contribution in [3.05, 3.63) is 30.1 Å². The number of aliphatic imine (C=N–C) groups is 1. The molecule has 0 unspecified atom stereocenters. The Morgan fingerprint density at radius 3 is 2.67 bits per heavy atom. The van der Waals surface area contributed by atoms with Gasteiger partial charge in [0.2, 0.25) is 0 Å².